The van der Waals surface area contributed by atoms with Gasteiger partial charge in [0.05, 0.1) is 0 Å². The van der Waals surface area contributed by atoms with E-state index in [1.807, 2.05) is 133 Å². The third-order valence-electron chi connectivity index (χ3n) is 5.97. The van der Waals surface area contributed by atoms with Gasteiger partial charge < -0.3 is 18.9 Å². The van der Waals surface area contributed by atoms with Crippen LogP contribution < -0.4 is 18.9 Å². The lowest BCUT2D eigenvalue weighted by Crippen LogP contribution is -2.06. The Morgan fingerprint density at radius 2 is 0.553 bits per heavy atom. The van der Waals surface area contributed by atoms with E-state index in [9.17, 15) is 0 Å². The second kappa shape index (κ2) is 13.0. The summed E-state index contributed by atoms with van der Waals surface area (Å²) >= 11 is 0. The van der Waals surface area contributed by atoms with E-state index < -0.39 is 0 Å². The van der Waals surface area contributed by atoms with Crippen LogP contribution in [0.1, 0.15) is 22.3 Å². The summed E-state index contributed by atoms with van der Waals surface area (Å²) in [4.78, 5) is 0. The Bertz CT molecular complexity index is 1280. The van der Waals surface area contributed by atoms with Crippen LogP contribution in [-0.4, -0.2) is 0 Å². The highest BCUT2D eigenvalue weighted by Gasteiger charge is 2.20. The van der Waals surface area contributed by atoms with Gasteiger partial charge in [0, 0.05) is 0 Å². The summed E-state index contributed by atoms with van der Waals surface area (Å²) in [5.74, 6) is 2.23. The van der Waals surface area contributed by atoms with Gasteiger partial charge in [-0.15, -0.1) is 0 Å². The Morgan fingerprint density at radius 3 is 0.842 bits per heavy atom. The summed E-state index contributed by atoms with van der Waals surface area (Å²) in [5.41, 5.74) is 4.23. The van der Waals surface area contributed by atoms with Gasteiger partial charge in [-0.05, 0) is 34.4 Å². The van der Waals surface area contributed by atoms with Gasteiger partial charge in [0.2, 0.25) is 11.5 Å². The van der Waals surface area contributed by atoms with E-state index in [0.29, 0.717) is 49.4 Å². The van der Waals surface area contributed by atoms with Crippen LogP contribution in [0.2, 0.25) is 0 Å². The van der Waals surface area contributed by atoms with Gasteiger partial charge in [0.1, 0.15) is 26.4 Å². The van der Waals surface area contributed by atoms with Gasteiger partial charge in [-0.1, -0.05) is 121 Å². The van der Waals surface area contributed by atoms with Crippen molar-refractivity contribution in [1.29, 1.82) is 0 Å². The zero-order valence-electron chi connectivity index (χ0n) is 21.2. The van der Waals surface area contributed by atoms with E-state index in [-0.39, 0.29) is 0 Å². The lowest BCUT2D eigenvalue weighted by Gasteiger charge is -2.20. The van der Waals surface area contributed by atoms with E-state index in [2.05, 4.69) is 0 Å². The topological polar surface area (TPSA) is 36.9 Å². The molecule has 0 radical (unpaired) electrons. The fourth-order valence-corrected chi connectivity index (χ4v) is 3.96. The molecule has 5 rings (SSSR count). The highest BCUT2D eigenvalue weighted by Crippen LogP contribution is 2.46. The second-order valence-electron chi connectivity index (χ2n) is 8.82. The Labute approximate surface area is 224 Å². The van der Waals surface area contributed by atoms with Crippen LogP contribution in [0.4, 0.5) is 0 Å². The van der Waals surface area contributed by atoms with Gasteiger partial charge in [-0.25, -0.2) is 0 Å². The minimum atomic E-state index is 0.367. The first kappa shape index (κ1) is 25.0. The zero-order valence-corrected chi connectivity index (χ0v) is 21.2. The minimum absolute atomic E-state index is 0.367. The number of ether oxygens (including phenoxy) is 4. The Hall–Kier alpha value is -4.70. The van der Waals surface area contributed by atoms with Crippen LogP contribution in [0.25, 0.3) is 0 Å². The maximum atomic E-state index is 6.39. The fourth-order valence-electron chi connectivity index (χ4n) is 3.96. The molecule has 0 amide bonds. The van der Waals surface area contributed by atoms with Gasteiger partial charge in [0.25, 0.3) is 0 Å². The Morgan fingerprint density at radius 1 is 0.289 bits per heavy atom. The van der Waals surface area contributed by atoms with Gasteiger partial charge in [-0.3, -0.25) is 0 Å². The Kier molecular flexibility index (Phi) is 8.56. The van der Waals surface area contributed by atoms with Crippen molar-refractivity contribution in [3.05, 3.63) is 156 Å². The molecule has 0 saturated heterocycles. The molecule has 0 aromatic heterocycles. The zero-order chi connectivity index (χ0) is 25.8. The normalized spacial score (nSPS) is 10.5. The van der Waals surface area contributed by atoms with E-state index in [4.69, 9.17) is 18.9 Å². The first-order valence-electron chi connectivity index (χ1n) is 12.7. The molecule has 38 heavy (non-hydrogen) atoms. The van der Waals surface area contributed by atoms with Crippen LogP contribution >= 0.6 is 0 Å². The highest BCUT2D eigenvalue weighted by molar-refractivity contribution is 5.59. The molecule has 0 fully saturated rings. The SMILES string of the molecule is c1ccc(COc2ccc(OCc3ccccc3)c(OCc3ccccc3)c2OCc2ccccc2)cc1. The molecule has 0 unspecified atom stereocenters. The average Bonchev–Trinajstić information content (AvgIpc) is 2.99. The lowest BCUT2D eigenvalue weighted by molar-refractivity contribution is 0.214. The molecule has 0 aliphatic carbocycles. The van der Waals surface area contributed by atoms with Crippen LogP contribution in [-0.2, 0) is 26.4 Å². The molecule has 0 heterocycles. The van der Waals surface area contributed by atoms with Crippen molar-refractivity contribution >= 4 is 0 Å². The number of hydrogen-bond acceptors (Lipinski definition) is 4. The van der Waals surface area contributed by atoms with Crippen LogP contribution in [0.5, 0.6) is 23.0 Å². The minimum Gasteiger partial charge on any atom is -0.485 e. The highest BCUT2D eigenvalue weighted by atomic mass is 16.6. The van der Waals surface area contributed by atoms with Crippen LogP contribution in [0.3, 0.4) is 0 Å². The molecule has 0 spiro atoms. The molecule has 0 N–H and O–H groups in total. The molecular weight excluding hydrogens is 472 g/mol. The summed E-state index contributed by atoms with van der Waals surface area (Å²) in [6.07, 6.45) is 0. The van der Waals surface area contributed by atoms with Crippen molar-refractivity contribution < 1.29 is 18.9 Å². The van der Waals surface area contributed by atoms with Gasteiger partial charge >= 0.3 is 0 Å². The number of rotatable bonds is 12. The number of benzene rings is 5. The molecule has 5 aromatic rings. The largest absolute Gasteiger partial charge is 0.485 e. The molecule has 0 saturated carbocycles. The Balaban J connectivity index is 1.47. The number of hydrogen-bond donors (Lipinski definition) is 0. The molecule has 4 heteroatoms. The molecule has 4 nitrogen and oxygen atoms in total. The molecule has 5 aromatic carbocycles. The molecular formula is C34H30O4. The van der Waals surface area contributed by atoms with E-state index in [1.165, 1.54) is 0 Å². The van der Waals surface area contributed by atoms with Crippen molar-refractivity contribution in [2.75, 3.05) is 0 Å². The van der Waals surface area contributed by atoms with Crippen molar-refractivity contribution in [2.45, 2.75) is 26.4 Å². The third kappa shape index (κ3) is 6.95. The summed E-state index contributed by atoms with van der Waals surface area (Å²) in [5, 5.41) is 0. The molecule has 0 aliphatic heterocycles. The predicted octanol–water partition coefficient (Wildman–Crippen LogP) is 8.00. The summed E-state index contributed by atoms with van der Waals surface area (Å²) in [7, 11) is 0. The van der Waals surface area contributed by atoms with Crippen molar-refractivity contribution in [2.24, 2.45) is 0 Å². The monoisotopic (exact) mass is 502 g/mol. The van der Waals surface area contributed by atoms with E-state index >= 15 is 0 Å². The van der Waals surface area contributed by atoms with Crippen LogP contribution in [0.15, 0.2) is 133 Å². The smallest absolute Gasteiger partial charge is 0.207 e. The van der Waals surface area contributed by atoms with Gasteiger partial charge in [-0.2, -0.15) is 0 Å². The summed E-state index contributed by atoms with van der Waals surface area (Å²) in [6.45, 7) is 1.55. The van der Waals surface area contributed by atoms with E-state index in [1.54, 1.807) is 0 Å². The quantitative estimate of drug-likeness (QED) is 0.173. The maximum Gasteiger partial charge on any atom is 0.207 e. The van der Waals surface area contributed by atoms with Crippen LogP contribution in [0, 0.1) is 0 Å². The van der Waals surface area contributed by atoms with Gasteiger partial charge in [0.15, 0.2) is 11.5 Å². The summed E-state index contributed by atoms with van der Waals surface area (Å²) in [6, 6.07) is 44.0. The van der Waals surface area contributed by atoms with E-state index in [0.717, 1.165) is 22.3 Å². The average molecular weight is 503 g/mol. The summed E-state index contributed by atoms with van der Waals surface area (Å²) < 4.78 is 25.3. The predicted molar refractivity (Wildman–Crippen MR) is 150 cm³/mol. The fraction of sp³-hybridized carbons (Fsp3) is 0.118. The third-order valence-corrected chi connectivity index (χ3v) is 5.97. The standard InChI is InChI=1S/C34H30O4/c1-5-13-27(14-6-1)23-35-31-21-22-32(36-24-28-15-7-2-8-16-28)34(38-26-30-19-11-4-12-20-30)33(31)37-25-29-17-9-3-10-18-29/h1-22H,23-26H2. The van der Waals surface area contributed by atoms with Crippen molar-refractivity contribution in [3.63, 3.8) is 0 Å². The van der Waals surface area contributed by atoms with Crippen molar-refractivity contribution in [3.8, 4) is 23.0 Å². The second-order valence-corrected chi connectivity index (χ2v) is 8.82. The maximum absolute atomic E-state index is 6.39. The molecule has 0 bridgehead atoms. The first-order valence-corrected chi connectivity index (χ1v) is 12.7. The first-order chi connectivity index (χ1) is 18.8. The molecule has 0 atom stereocenters. The molecule has 190 valence electrons. The molecule has 0 aliphatic rings. The lowest BCUT2D eigenvalue weighted by atomic mass is 10.2. The van der Waals surface area contributed by atoms with Crippen molar-refractivity contribution in [1.82, 2.24) is 0 Å².